The number of ether oxygens (including phenoxy) is 2. The van der Waals surface area contributed by atoms with Crippen LogP contribution in [0, 0.1) is 6.92 Å². The number of amides is 1. The lowest BCUT2D eigenvalue weighted by Crippen LogP contribution is -2.22. The van der Waals surface area contributed by atoms with Gasteiger partial charge in [-0.25, -0.2) is 0 Å². The summed E-state index contributed by atoms with van der Waals surface area (Å²) in [5.41, 5.74) is 0.627. The summed E-state index contributed by atoms with van der Waals surface area (Å²) in [6.45, 7) is 3.71. The van der Waals surface area contributed by atoms with Crippen LogP contribution >= 0.6 is 23.1 Å². The van der Waals surface area contributed by atoms with Gasteiger partial charge in [0.1, 0.15) is 16.5 Å². The van der Waals surface area contributed by atoms with Gasteiger partial charge in [-0.15, -0.1) is 10.2 Å². The van der Waals surface area contributed by atoms with Crippen LogP contribution in [0.15, 0.2) is 22.5 Å². The third-order valence-corrected chi connectivity index (χ3v) is 4.80. The molecule has 1 aromatic heterocycles. The fraction of sp³-hybridized carbons (Fsp3) is 0.357. The number of anilines is 1. The van der Waals surface area contributed by atoms with E-state index in [1.807, 2.05) is 13.8 Å². The summed E-state index contributed by atoms with van der Waals surface area (Å²) in [6, 6.07) is 5.23. The smallest absolute Gasteiger partial charge is 0.237 e. The Morgan fingerprint density at radius 3 is 2.36 bits per heavy atom. The Labute approximate surface area is 137 Å². The third kappa shape index (κ3) is 4.35. The van der Waals surface area contributed by atoms with Crippen LogP contribution in [0.5, 0.6) is 11.5 Å². The number of aryl methyl sites for hydroxylation is 1. The summed E-state index contributed by atoms with van der Waals surface area (Å²) in [4.78, 5) is 12.3. The van der Waals surface area contributed by atoms with Crippen molar-refractivity contribution in [2.75, 3.05) is 19.5 Å². The number of thioether (sulfide) groups is 1. The van der Waals surface area contributed by atoms with Gasteiger partial charge in [0.05, 0.1) is 19.5 Å². The topological polar surface area (TPSA) is 73.3 Å². The minimum absolute atomic E-state index is 0.117. The maximum absolute atomic E-state index is 12.3. The lowest BCUT2D eigenvalue weighted by atomic mass is 10.2. The first kappa shape index (κ1) is 16.6. The van der Waals surface area contributed by atoms with Crippen molar-refractivity contribution in [3.05, 3.63) is 23.2 Å². The molecular formula is C14H17N3O3S2. The van der Waals surface area contributed by atoms with E-state index in [9.17, 15) is 4.79 Å². The molecule has 1 unspecified atom stereocenters. The van der Waals surface area contributed by atoms with Crippen LogP contribution in [0.4, 0.5) is 5.69 Å². The quantitative estimate of drug-likeness (QED) is 0.816. The van der Waals surface area contributed by atoms with Crippen LogP contribution in [0.2, 0.25) is 0 Å². The highest BCUT2D eigenvalue weighted by Gasteiger charge is 2.17. The molecule has 1 amide bonds. The van der Waals surface area contributed by atoms with E-state index in [4.69, 9.17) is 9.47 Å². The molecule has 0 bridgehead atoms. The lowest BCUT2D eigenvalue weighted by Gasteiger charge is -2.12. The van der Waals surface area contributed by atoms with Gasteiger partial charge in [0.2, 0.25) is 5.91 Å². The van der Waals surface area contributed by atoms with E-state index in [1.165, 1.54) is 23.1 Å². The number of carbonyl (C=O) groups is 1. The van der Waals surface area contributed by atoms with Crippen LogP contribution in [-0.4, -0.2) is 35.6 Å². The number of benzene rings is 1. The molecule has 0 saturated carbocycles. The van der Waals surface area contributed by atoms with Gasteiger partial charge in [0.25, 0.3) is 0 Å². The van der Waals surface area contributed by atoms with Crippen LogP contribution in [-0.2, 0) is 4.79 Å². The number of methoxy groups -OCH3 is 2. The van der Waals surface area contributed by atoms with Crippen LogP contribution in [0.25, 0.3) is 0 Å². The maximum atomic E-state index is 12.3. The van der Waals surface area contributed by atoms with Crippen molar-refractivity contribution in [3.63, 3.8) is 0 Å². The summed E-state index contributed by atoms with van der Waals surface area (Å²) in [5, 5.41) is 11.4. The summed E-state index contributed by atoms with van der Waals surface area (Å²) in [6.07, 6.45) is 0. The van der Waals surface area contributed by atoms with E-state index in [-0.39, 0.29) is 11.2 Å². The van der Waals surface area contributed by atoms with Gasteiger partial charge in [-0.1, -0.05) is 23.1 Å². The van der Waals surface area contributed by atoms with Crippen LogP contribution in [0.1, 0.15) is 11.9 Å². The van der Waals surface area contributed by atoms with Crippen LogP contribution < -0.4 is 14.8 Å². The van der Waals surface area contributed by atoms with E-state index in [2.05, 4.69) is 15.5 Å². The van der Waals surface area contributed by atoms with Crippen molar-refractivity contribution in [1.82, 2.24) is 10.2 Å². The highest BCUT2D eigenvalue weighted by molar-refractivity contribution is 8.02. The fourth-order valence-corrected chi connectivity index (χ4v) is 3.61. The van der Waals surface area contributed by atoms with Gasteiger partial charge < -0.3 is 14.8 Å². The molecule has 22 heavy (non-hydrogen) atoms. The Kier molecular flexibility index (Phi) is 5.62. The number of carbonyl (C=O) groups excluding carboxylic acids is 1. The Hall–Kier alpha value is -1.80. The molecule has 8 heteroatoms. The summed E-state index contributed by atoms with van der Waals surface area (Å²) >= 11 is 2.85. The summed E-state index contributed by atoms with van der Waals surface area (Å²) in [7, 11) is 3.13. The van der Waals surface area contributed by atoms with E-state index in [0.29, 0.717) is 17.2 Å². The van der Waals surface area contributed by atoms with E-state index >= 15 is 0 Å². The van der Waals surface area contributed by atoms with Gasteiger partial charge >= 0.3 is 0 Å². The Balaban J connectivity index is 2.04. The maximum Gasteiger partial charge on any atom is 0.237 e. The second-order valence-electron chi connectivity index (χ2n) is 4.44. The van der Waals surface area contributed by atoms with Crippen molar-refractivity contribution in [2.24, 2.45) is 0 Å². The first-order valence-corrected chi connectivity index (χ1v) is 8.22. The van der Waals surface area contributed by atoms with Gasteiger partial charge in [0, 0.05) is 23.9 Å². The molecule has 0 spiro atoms. The van der Waals surface area contributed by atoms with Crippen molar-refractivity contribution in [3.8, 4) is 11.5 Å². The molecule has 2 rings (SSSR count). The Morgan fingerprint density at radius 2 is 1.86 bits per heavy atom. The second kappa shape index (κ2) is 7.46. The van der Waals surface area contributed by atoms with Crippen molar-refractivity contribution < 1.29 is 14.3 Å². The lowest BCUT2D eigenvalue weighted by molar-refractivity contribution is -0.115. The van der Waals surface area contributed by atoms with Crippen LogP contribution in [0.3, 0.4) is 0 Å². The monoisotopic (exact) mass is 339 g/mol. The Morgan fingerprint density at radius 1 is 1.23 bits per heavy atom. The van der Waals surface area contributed by atoms with Gasteiger partial charge in [-0.3, -0.25) is 4.79 Å². The minimum atomic E-state index is -0.287. The molecule has 0 radical (unpaired) electrons. The highest BCUT2D eigenvalue weighted by Crippen LogP contribution is 2.29. The number of aromatic nitrogens is 2. The molecule has 6 nitrogen and oxygen atoms in total. The summed E-state index contributed by atoms with van der Waals surface area (Å²) < 4.78 is 11.2. The van der Waals surface area contributed by atoms with Crippen molar-refractivity contribution in [1.29, 1.82) is 0 Å². The number of nitrogens with zero attached hydrogens (tertiary/aromatic N) is 2. The Bertz CT molecular complexity index is 638. The number of hydrogen-bond acceptors (Lipinski definition) is 7. The first-order chi connectivity index (χ1) is 10.5. The molecule has 118 valence electrons. The zero-order chi connectivity index (χ0) is 16.1. The normalized spacial score (nSPS) is 11.8. The number of rotatable bonds is 6. The van der Waals surface area contributed by atoms with Crippen molar-refractivity contribution >= 4 is 34.7 Å². The molecule has 1 atom stereocenters. The molecule has 0 fully saturated rings. The standard InChI is InChI=1S/C14H17N3O3S2/c1-8(21-14-17-16-9(2)22-14)13(18)15-10-5-11(19-3)7-12(6-10)20-4/h5-8H,1-4H3,(H,15,18). The van der Waals surface area contributed by atoms with E-state index in [1.54, 1.807) is 32.4 Å². The molecule has 0 saturated heterocycles. The third-order valence-electron chi connectivity index (χ3n) is 2.77. The molecule has 2 aromatic rings. The van der Waals surface area contributed by atoms with E-state index in [0.717, 1.165) is 9.35 Å². The number of nitrogens with one attached hydrogen (secondary N) is 1. The molecule has 1 aromatic carbocycles. The molecule has 0 aliphatic rings. The van der Waals surface area contributed by atoms with Gasteiger partial charge in [-0.05, 0) is 13.8 Å². The van der Waals surface area contributed by atoms with Gasteiger partial charge in [-0.2, -0.15) is 0 Å². The first-order valence-electron chi connectivity index (χ1n) is 6.52. The van der Waals surface area contributed by atoms with Gasteiger partial charge in [0.15, 0.2) is 4.34 Å². The zero-order valence-electron chi connectivity index (χ0n) is 12.7. The number of hydrogen-bond donors (Lipinski definition) is 1. The predicted octanol–water partition coefficient (Wildman–Crippen LogP) is 2.98. The zero-order valence-corrected chi connectivity index (χ0v) is 14.4. The summed E-state index contributed by atoms with van der Waals surface area (Å²) in [5.74, 6) is 1.12. The minimum Gasteiger partial charge on any atom is -0.497 e. The van der Waals surface area contributed by atoms with E-state index < -0.39 is 0 Å². The largest absolute Gasteiger partial charge is 0.497 e. The molecule has 1 N–H and O–H groups in total. The predicted molar refractivity (Wildman–Crippen MR) is 88.1 cm³/mol. The average Bonchev–Trinajstić information content (AvgIpc) is 2.91. The SMILES string of the molecule is COc1cc(NC(=O)C(C)Sc2nnc(C)s2)cc(OC)c1. The molecule has 0 aliphatic carbocycles. The average molecular weight is 339 g/mol. The fourth-order valence-electron chi connectivity index (χ4n) is 1.65. The molecule has 1 heterocycles. The van der Waals surface area contributed by atoms with Crippen molar-refractivity contribution in [2.45, 2.75) is 23.4 Å². The molecular weight excluding hydrogens is 322 g/mol. The second-order valence-corrected chi connectivity index (χ2v) is 7.21. The molecule has 0 aliphatic heterocycles. The highest BCUT2D eigenvalue weighted by atomic mass is 32.2.